The molecule has 0 aliphatic rings. The van der Waals surface area contributed by atoms with Crippen LogP contribution in [-0.4, -0.2) is 30.6 Å². The van der Waals surface area contributed by atoms with Crippen LogP contribution in [0.2, 0.25) is 0 Å². The number of hydrogen-bond donors (Lipinski definition) is 2. The summed E-state index contributed by atoms with van der Waals surface area (Å²) in [5.74, 6) is -1.05. The second-order valence-corrected chi connectivity index (χ2v) is 5.30. The van der Waals surface area contributed by atoms with Gasteiger partial charge in [-0.2, -0.15) is 0 Å². The van der Waals surface area contributed by atoms with Crippen molar-refractivity contribution in [2.75, 3.05) is 13.7 Å². The minimum absolute atomic E-state index is 0.130. The van der Waals surface area contributed by atoms with Gasteiger partial charge in [-0.05, 0) is 30.5 Å². The SMILES string of the molecule is CCCC(CNC(=O)C(CC)c1ccc(OC)cc1)C(=O)O. The first kappa shape index (κ1) is 18.0. The Bertz CT molecular complexity index is 484. The number of carboxylic acid groups (broad SMARTS) is 1. The lowest BCUT2D eigenvalue weighted by atomic mass is 9.95. The Morgan fingerprint density at radius 2 is 1.86 bits per heavy atom. The summed E-state index contributed by atoms with van der Waals surface area (Å²) >= 11 is 0. The molecule has 0 spiro atoms. The maximum absolute atomic E-state index is 12.3. The molecule has 0 aliphatic heterocycles. The van der Waals surface area contributed by atoms with Crippen LogP contribution in [0.1, 0.15) is 44.6 Å². The Labute approximate surface area is 131 Å². The molecule has 0 saturated carbocycles. The van der Waals surface area contributed by atoms with Crippen LogP contribution in [0.3, 0.4) is 0 Å². The van der Waals surface area contributed by atoms with Crippen LogP contribution in [0.15, 0.2) is 24.3 Å². The van der Waals surface area contributed by atoms with Crippen molar-refractivity contribution < 1.29 is 19.4 Å². The Morgan fingerprint density at radius 3 is 2.32 bits per heavy atom. The number of carbonyl (C=O) groups is 2. The Kier molecular flexibility index (Phi) is 7.43. The summed E-state index contributed by atoms with van der Waals surface area (Å²) < 4.78 is 5.11. The number of amides is 1. The van der Waals surface area contributed by atoms with Crippen molar-refractivity contribution in [2.24, 2.45) is 5.92 Å². The Hall–Kier alpha value is -2.04. The number of benzene rings is 1. The second kappa shape index (κ2) is 9.07. The average Bonchev–Trinajstić information content (AvgIpc) is 2.52. The maximum Gasteiger partial charge on any atom is 0.308 e. The summed E-state index contributed by atoms with van der Waals surface area (Å²) in [5.41, 5.74) is 0.906. The van der Waals surface area contributed by atoms with Gasteiger partial charge in [-0.1, -0.05) is 32.4 Å². The summed E-state index contributed by atoms with van der Waals surface area (Å²) in [4.78, 5) is 23.4. The molecule has 2 N–H and O–H groups in total. The van der Waals surface area contributed by atoms with Crippen molar-refractivity contribution in [1.82, 2.24) is 5.32 Å². The van der Waals surface area contributed by atoms with E-state index in [0.29, 0.717) is 12.8 Å². The third-order valence-corrected chi connectivity index (χ3v) is 3.75. The maximum atomic E-state index is 12.3. The van der Waals surface area contributed by atoms with Gasteiger partial charge in [0.15, 0.2) is 0 Å². The summed E-state index contributed by atoms with van der Waals surface area (Å²) in [5, 5.41) is 11.9. The summed E-state index contributed by atoms with van der Waals surface area (Å²) in [6.07, 6.45) is 2.00. The van der Waals surface area contributed by atoms with Crippen LogP contribution in [0.25, 0.3) is 0 Å². The van der Waals surface area contributed by atoms with Crippen molar-refractivity contribution in [3.63, 3.8) is 0 Å². The van der Waals surface area contributed by atoms with Crippen LogP contribution in [-0.2, 0) is 9.59 Å². The van der Waals surface area contributed by atoms with Crippen molar-refractivity contribution in [3.05, 3.63) is 29.8 Å². The van der Waals surface area contributed by atoms with Gasteiger partial charge < -0.3 is 15.2 Å². The molecule has 1 rings (SSSR count). The third kappa shape index (κ3) is 5.06. The lowest BCUT2D eigenvalue weighted by Crippen LogP contribution is -2.35. The fourth-order valence-electron chi connectivity index (χ4n) is 2.42. The zero-order valence-electron chi connectivity index (χ0n) is 13.5. The average molecular weight is 307 g/mol. The monoisotopic (exact) mass is 307 g/mol. The summed E-state index contributed by atoms with van der Waals surface area (Å²) in [7, 11) is 1.60. The molecule has 5 heteroatoms. The minimum atomic E-state index is -0.861. The number of carbonyl (C=O) groups excluding carboxylic acids is 1. The molecular formula is C17H25NO4. The number of methoxy groups -OCH3 is 1. The lowest BCUT2D eigenvalue weighted by Gasteiger charge is -2.18. The molecule has 2 atom stereocenters. The van der Waals surface area contributed by atoms with Crippen LogP contribution in [0.4, 0.5) is 0 Å². The third-order valence-electron chi connectivity index (χ3n) is 3.75. The molecule has 1 aromatic rings. The molecule has 2 unspecified atom stereocenters. The van der Waals surface area contributed by atoms with Gasteiger partial charge in [0.05, 0.1) is 18.9 Å². The van der Waals surface area contributed by atoms with Crippen molar-refractivity contribution in [2.45, 2.75) is 39.0 Å². The van der Waals surface area contributed by atoms with E-state index in [-0.39, 0.29) is 18.4 Å². The molecule has 0 radical (unpaired) electrons. The standard InChI is InChI=1S/C17H25NO4/c1-4-6-13(17(20)21)11-18-16(19)15(5-2)12-7-9-14(22-3)10-8-12/h7-10,13,15H,4-6,11H2,1-3H3,(H,18,19)(H,20,21). The number of nitrogens with one attached hydrogen (secondary N) is 1. The molecule has 0 fully saturated rings. The largest absolute Gasteiger partial charge is 0.497 e. The topological polar surface area (TPSA) is 75.6 Å². The van der Waals surface area contributed by atoms with Crippen LogP contribution >= 0.6 is 0 Å². The summed E-state index contributed by atoms with van der Waals surface area (Å²) in [6, 6.07) is 7.38. The van der Waals surface area contributed by atoms with Crippen LogP contribution in [0, 0.1) is 5.92 Å². The van der Waals surface area contributed by atoms with Gasteiger partial charge in [-0.3, -0.25) is 9.59 Å². The van der Waals surface area contributed by atoms with E-state index in [9.17, 15) is 9.59 Å². The minimum Gasteiger partial charge on any atom is -0.497 e. The van der Waals surface area contributed by atoms with E-state index < -0.39 is 11.9 Å². The van der Waals surface area contributed by atoms with E-state index in [0.717, 1.165) is 17.7 Å². The molecule has 1 aromatic carbocycles. The second-order valence-electron chi connectivity index (χ2n) is 5.30. The van der Waals surface area contributed by atoms with Gasteiger partial charge in [0.1, 0.15) is 5.75 Å². The first-order valence-electron chi connectivity index (χ1n) is 7.67. The quantitative estimate of drug-likeness (QED) is 0.735. The van der Waals surface area contributed by atoms with Crippen LogP contribution < -0.4 is 10.1 Å². The highest BCUT2D eigenvalue weighted by Crippen LogP contribution is 2.22. The fraction of sp³-hybridized carbons (Fsp3) is 0.529. The van der Waals surface area contributed by atoms with Gasteiger partial charge in [-0.15, -0.1) is 0 Å². The smallest absolute Gasteiger partial charge is 0.308 e. The van der Waals surface area contributed by atoms with Crippen molar-refractivity contribution in [1.29, 1.82) is 0 Å². The highest BCUT2D eigenvalue weighted by atomic mass is 16.5. The predicted molar refractivity (Wildman–Crippen MR) is 85.1 cm³/mol. The van der Waals surface area contributed by atoms with Crippen LogP contribution in [0.5, 0.6) is 5.75 Å². The first-order chi connectivity index (χ1) is 10.5. The molecule has 5 nitrogen and oxygen atoms in total. The Balaban J connectivity index is 2.69. The molecule has 0 bridgehead atoms. The molecule has 122 valence electrons. The molecule has 0 aliphatic carbocycles. The molecule has 0 aromatic heterocycles. The van der Waals surface area contributed by atoms with E-state index in [4.69, 9.17) is 9.84 Å². The zero-order chi connectivity index (χ0) is 16.5. The van der Waals surface area contributed by atoms with E-state index in [1.54, 1.807) is 7.11 Å². The zero-order valence-corrected chi connectivity index (χ0v) is 13.5. The predicted octanol–water partition coefficient (Wildman–Crippen LogP) is 2.81. The van der Waals surface area contributed by atoms with E-state index in [1.807, 2.05) is 38.1 Å². The number of carboxylic acids is 1. The van der Waals surface area contributed by atoms with Gasteiger partial charge in [0, 0.05) is 6.54 Å². The molecule has 0 saturated heterocycles. The van der Waals surface area contributed by atoms with Crippen molar-refractivity contribution in [3.8, 4) is 5.75 Å². The van der Waals surface area contributed by atoms with Gasteiger partial charge in [0.2, 0.25) is 5.91 Å². The first-order valence-corrected chi connectivity index (χ1v) is 7.67. The normalized spacial score (nSPS) is 13.2. The number of ether oxygens (including phenoxy) is 1. The van der Waals surface area contributed by atoms with Gasteiger partial charge in [0.25, 0.3) is 0 Å². The molecule has 0 heterocycles. The van der Waals surface area contributed by atoms with E-state index >= 15 is 0 Å². The fourth-order valence-corrected chi connectivity index (χ4v) is 2.42. The number of hydrogen-bond acceptors (Lipinski definition) is 3. The van der Waals surface area contributed by atoms with E-state index in [2.05, 4.69) is 5.32 Å². The highest BCUT2D eigenvalue weighted by Gasteiger charge is 2.22. The van der Waals surface area contributed by atoms with Crippen molar-refractivity contribution >= 4 is 11.9 Å². The molecular weight excluding hydrogens is 282 g/mol. The number of aliphatic carboxylic acids is 1. The van der Waals surface area contributed by atoms with Gasteiger partial charge in [-0.25, -0.2) is 0 Å². The highest BCUT2D eigenvalue weighted by molar-refractivity contribution is 5.84. The summed E-state index contributed by atoms with van der Waals surface area (Å²) in [6.45, 7) is 4.05. The Morgan fingerprint density at radius 1 is 1.23 bits per heavy atom. The lowest BCUT2D eigenvalue weighted by molar-refractivity contribution is -0.142. The van der Waals surface area contributed by atoms with Gasteiger partial charge >= 0.3 is 5.97 Å². The molecule has 22 heavy (non-hydrogen) atoms. The molecule has 1 amide bonds. The van der Waals surface area contributed by atoms with E-state index in [1.165, 1.54) is 0 Å². The number of rotatable bonds is 9.